The maximum atomic E-state index is 12.3. The highest BCUT2D eigenvalue weighted by Gasteiger charge is 2.26. The molecule has 2 amide bonds. The van der Waals surface area contributed by atoms with E-state index in [2.05, 4.69) is 10.6 Å². The minimum atomic E-state index is -3.49. The monoisotopic (exact) mass is 430 g/mol. The summed E-state index contributed by atoms with van der Waals surface area (Å²) in [5.41, 5.74) is 0.655. The maximum absolute atomic E-state index is 12.3. The van der Waals surface area contributed by atoms with Gasteiger partial charge in [-0.25, -0.2) is 13.2 Å². The Morgan fingerprint density at radius 2 is 1.63 bits per heavy atom. The highest BCUT2D eigenvalue weighted by molar-refractivity contribution is 7.91. The molecule has 0 aromatic heterocycles. The van der Waals surface area contributed by atoms with Crippen LogP contribution in [0.25, 0.3) is 0 Å². The Morgan fingerprint density at radius 1 is 0.967 bits per heavy atom. The largest absolute Gasteiger partial charge is 0.446 e. The Morgan fingerprint density at radius 3 is 2.33 bits per heavy atom. The van der Waals surface area contributed by atoms with E-state index in [0.29, 0.717) is 12.1 Å². The standard InChI is InChI=1S/C22H26N2O5S/c25-21(14-15-30(27,28)20-12-5-2-6-13-20)23-18-10-7-11-19(16-18)29-22(26)24-17-8-3-1-4-9-17/h1-6,8-9,12-13,18-19H,7,10-11,14-16H2,(H,23,25)(H,24,26)/t18-,19-/m0/s1. The van der Waals surface area contributed by atoms with Gasteiger partial charge in [0.25, 0.3) is 0 Å². The summed E-state index contributed by atoms with van der Waals surface area (Å²) in [6.07, 6.45) is 1.92. The molecular formula is C22H26N2O5S. The van der Waals surface area contributed by atoms with Crippen LogP contribution in [0.15, 0.2) is 65.6 Å². The molecule has 2 aromatic rings. The van der Waals surface area contributed by atoms with Crippen molar-refractivity contribution >= 4 is 27.5 Å². The first-order valence-corrected chi connectivity index (χ1v) is 11.7. The third-order valence-electron chi connectivity index (χ3n) is 4.99. The molecule has 0 saturated heterocycles. The van der Waals surface area contributed by atoms with E-state index in [4.69, 9.17) is 4.74 Å². The van der Waals surface area contributed by atoms with Gasteiger partial charge in [0.15, 0.2) is 9.84 Å². The van der Waals surface area contributed by atoms with Crippen LogP contribution in [-0.2, 0) is 19.4 Å². The number of hydrogen-bond acceptors (Lipinski definition) is 5. The van der Waals surface area contributed by atoms with E-state index in [0.717, 1.165) is 19.3 Å². The van der Waals surface area contributed by atoms with Crippen LogP contribution in [-0.4, -0.2) is 38.3 Å². The number of amides is 2. The zero-order valence-electron chi connectivity index (χ0n) is 16.6. The van der Waals surface area contributed by atoms with Gasteiger partial charge in [0.2, 0.25) is 5.91 Å². The van der Waals surface area contributed by atoms with Crippen LogP contribution in [0.1, 0.15) is 32.1 Å². The van der Waals surface area contributed by atoms with Crippen LogP contribution in [0.2, 0.25) is 0 Å². The molecular weight excluding hydrogens is 404 g/mol. The molecule has 160 valence electrons. The fourth-order valence-electron chi connectivity index (χ4n) is 3.48. The van der Waals surface area contributed by atoms with Crippen LogP contribution in [0.4, 0.5) is 10.5 Å². The fraction of sp³-hybridized carbons (Fsp3) is 0.364. The van der Waals surface area contributed by atoms with Crippen molar-refractivity contribution in [1.29, 1.82) is 0 Å². The maximum Gasteiger partial charge on any atom is 0.411 e. The highest BCUT2D eigenvalue weighted by Crippen LogP contribution is 2.22. The minimum absolute atomic E-state index is 0.103. The molecule has 1 saturated carbocycles. The van der Waals surface area contributed by atoms with Gasteiger partial charge in [-0.05, 0) is 43.5 Å². The van der Waals surface area contributed by atoms with Crippen molar-refractivity contribution in [2.45, 2.75) is 49.1 Å². The average Bonchev–Trinajstić information content (AvgIpc) is 2.74. The molecule has 2 N–H and O–H groups in total. The highest BCUT2D eigenvalue weighted by atomic mass is 32.2. The fourth-order valence-corrected chi connectivity index (χ4v) is 4.74. The molecule has 7 nitrogen and oxygen atoms in total. The van der Waals surface area contributed by atoms with Gasteiger partial charge in [-0.2, -0.15) is 0 Å². The lowest BCUT2D eigenvalue weighted by molar-refractivity contribution is -0.121. The number of carbonyl (C=O) groups is 2. The second-order valence-corrected chi connectivity index (χ2v) is 9.44. The van der Waals surface area contributed by atoms with Gasteiger partial charge >= 0.3 is 6.09 Å². The van der Waals surface area contributed by atoms with E-state index in [1.165, 1.54) is 12.1 Å². The molecule has 30 heavy (non-hydrogen) atoms. The van der Waals surface area contributed by atoms with Gasteiger partial charge in [0, 0.05) is 24.6 Å². The quantitative estimate of drug-likeness (QED) is 0.700. The second kappa shape index (κ2) is 10.2. The molecule has 0 bridgehead atoms. The number of benzene rings is 2. The third kappa shape index (κ3) is 6.59. The zero-order valence-corrected chi connectivity index (χ0v) is 17.4. The van der Waals surface area contributed by atoms with Crippen LogP contribution < -0.4 is 10.6 Å². The SMILES string of the molecule is O=C(CCS(=O)(=O)c1ccccc1)N[C@H]1CCC[C@H](OC(=O)Nc2ccccc2)C1. The molecule has 0 spiro atoms. The normalized spacial score (nSPS) is 18.9. The van der Waals surface area contributed by atoms with Gasteiger partial charge in [-0.15, -0.1) is 0 Å². The Hall–Kier alpha value is -2.87. The summed E-state index contributed by atoms with van der Waals surface area (Å²) in [5.74, 6) is -0.552. The van der Waals surface area contributed by atoms with Gasteiger partial charge in [0.1, 0.15) is 6.10 Å². The third-order valence-corrected chi connectivity index (χ3v) is 6.72. The van der Waals surface area contributed by atoms with Crippen LogP contribution in [0.3, 0.4) is 0 Å². The predicted octanol–water partition coefficient (Wildman–Crippen LogP) is 3.53. The lowest BCUT2D eigenvalue weighted by Gasteiger charge is -2.29. The molecule has 1 aliphatic rings. The molecule has 8 heteroatoms. The average molecular weight is 431 g/mol. The number of anilines is 1. The number of ether oxygens (including phenoxy) is 1. The molecule has 0 unspecified atom stereocenters. The van der Waals surface area contributed by atoms with Crippen molar-refractivity contribution < 1.29 is 22.7 Å². The molecule has 3 rings (SSSR count). The van der Waals surface area contributed by atoms with E-state index < -0.39 is 15.9 Å². The number of hydrogen-bond donors (Lipinski definition) is 2. The summed E-state index contributed by atoms with van der Waals surface area (Å²) in [4.78, 5) is 24.5. The van der Waals surface area contributed by atoms with Crippen molar-refractivity contribution in [3.8, 4) is 0 Å². The van der Waals surface area contributed by atoms with Gasteiger partial charge in [-0.3, -0.25) is 10.1 Å². The number of para-hydroxylation sites is 1. The van der Waals surface area contributed by atoms with Crippen molar-refractivity contribution in [2.75, 3.05) is 11.1 Å². The molecule has 0 aliphatic heterocycles. The van der Waals surface area contributed by atoms with Gasteiger partial charge in [0.05, 0.1) is 10.6 Å². The molecule has 1 fully saturated rings. The smallest absolute Gasteiger partial charge is 0.411 e. The van der Waals surface area contributed by atoms with E-state index in [-0.39, 0.29) is 35.1 Å². The summed E-state index contributed by atoms with van der Waals surface area (Å²) >= 11 is 0. The van der Waals surface area contributed by atoms with Crippen molar-refractivity contribution in [3.63, 3.8) is 0 Å². The topological polar surface area (TPSA) is 102 Å². The van der Waals surface area contributed by atoms with Crippen LogP contribution in [0, 0.1) is 0 Å². The Kier molecular flexibility index (Phi) is 7.46. The second-order valence-electron chi connectivity index (χ2n) is 7.33. The lowest BCUT2D eigenvalue weighted by atomic mass is 9.93. The molecule has 1 aliphatic carbocycles. The van der Waals surface area contributed by atoms with Gasteiger partial charge < -0.3 is 10.1 Å². The van der Waals surface area contributed by atoms with Gasteiger partial charge in [-0.1, -0.05) is 36.4 Å². The predicted molar refractivity (Wildman–Crippen MR) is 114 cm³/mol. The lowest BCUT2D eigenvalue weighted by Crippen LogP contribution is -2.41. The number of carbonyl (C=O) groups excluding carboxylic acids is 2. The summed E-state index contributed by atoms with van der Waals surface area (Å²) in [7, 11) is -3.49. The Bertz CT molecular complexity index is 948. The van der Waals surface area contributed by atoms with Crippen LogP contribution in [0.5, 0.6) is 0 Å². The Balaban J connectivity index is 1.44. The summed E-state index contributed by atoms with van der Waals surface area (Å²) in [6, 6.07) is 17.0. The molecule has 2 atom stereocenters. The zero-order chi connectivity index (χ0) is 21.4. The first kappa shape index (κ1) is 21.8. The summed E-state index contributed by atoms with van der Waals surface area (Å²) < 4.78 is 30.1. The van der Waals surface area contributed by atoms with Crippen molar-refractivity contribution in [2.24, 2.45) is 0 Å². The molecule has 2 aromatic carbocycles. The summed E-state index contributed by atoms with van der Waals surface area (Å²) in [6.45, 7) is 0. The molecule has 0 heterocycles. The number of rotatable bonds is 7. The van der Waals surface area contributed by atoms with Crippen molar-refractivity contribution in [1.82, 2.24) is 5.32 Å². The van der Waals surface area contributed by atoms with Crippen molar-refractivity contribution in [3.05, 3.63) is 60.7 Å². The van der Waals surface area contributed by atoms with E-state index >= 15 is 0 Å². The van der Waals surface area contributed by atoms with E-state index in [1.54, 1.807) is 30.3 Å². The number of sulfone groups is 1. The summed E-state index contributed by atoms with van der Waals surface area (Å²) in [5, 5.41) is 5.56. The number of nitrogens with one attached hydrogen (secondary N) is 2. The van der Waals surface area contributed by atoms with E-state index in [9.17, 15) is 18.0 Å². The van der Waals surface area contributed by atoms with Crippen LogP contribution >= 0.6 is 0 Å². The molecule has 0 radical (unpaired) electrons. The first-order chi connectivity index (χ1) is 14.4. The first-order valence-electron chi connectivity index (χ1n) is 10.0. The Labute approximate surface area is 176 Å². The minimum Gasteiger partial charge on any atom is -0.446 e. The van der Waals surface area contributed by atoms with E-state index in [1.807, 2.05) is 18.2 Å².